The van der Waals surface area contributed by atoms with Crippen LogP contribution in [0.1, 0.15) is 18.2 Å². The molecule has 0 amide bonds. The number of hydrogen-bond donors (Lipinski definition) is 1. The fraction of sp³-hybridized carbons (Fsp3) is 0.154. The molecule has 0 aromatic carbocycles. The average molecular weight is 279 g/mol. The van der Waals surface area contributed by atoms with Crippen molar-refractivity contribution in [2.75, 3.05) is 0 Å². The van der Waals surface area contributed by atoms with Gasteiger partial charge in [-0.05, 0) is 26.0 Å². The molecule has 0 saturated heterocycles. The zero-order valence-electron chi connectivity index (χ0n) is 10.3. The minimum absolute atomic E-state index is 0.00678. The Kier molecular flexibility index (Phi) is 3.66. The normalized spacial score (nSPS) is 11.6. The van der Waals surface area contributed by atoms with Crippen LogP contribution in [0.3, 0.4) is 0 Å². The first-order valence-electron chi connectivity index (χ1n) is 5.49. The molecule has 2 rings (SSSR count). The van der Waals surface area contributed by atoms with E-state index < -0.39 is 5.63 Å². The second-order valence-corrected chi connectivity index (χ2v) is 4.32. The van der Waals surface area contributed by atoms with Crippen LogP contribution < -0.4 is 5.63 Å². The van der Waals surface area contributed by atoms with Crippen molar-refractivity contribution in [2.45, 2.75) is 13.8 Å². The van der Waals surface area contributed by atoms with E-state index in [-0.39, 0.29) is 22.8 Å². The maximum absolute atomic E-state index is 11.7. The van der Waals surface area contributed by atoms with Crippen LogP contribution in [0.5, 0.6) is 5.75 Å². The molecule has 0 aliphatic heterocycles. The molecule has 0 aliphatic rings. The van der Waals surface area contributed by atoms with Crippen molar-refractivity contribution in [1.82, 2.24) is 4.98 Å². The summed E-state index contributed by atoms with van der Waals surface area (Å²) in [7, 11) is 0. The molecule has 98 valence electrons. The lowest BCUT2D eigenvalue weighted by Crippen LogP contribution is -2.13. The topological polar surface area (TPSA) is 75.7 Å². The lowest BCUT2D eigenvalue weighted by Gasteiger charge is -2.03. The van der Waals surface area contributed by atoms with E-state index in [0.717, 1.165) is 0 Å². The molecule has 0 fully saturated rings. The molecule has 1 N–H and O–H groups in total. The lowest BCUT2D eigenvalue weighted by atomic mass is 10.1. The molecule has 0 unspecified atom stereocenters. The van der Waals surface area contributed by atoms with Crippen LogP contribution in [0.2, 0.25) is 5.02 Å². The quantitative estimate of drug-likeness (QED) is 0.857. The van der Waals surface area contributed by atoms with Crippen LogP contribution in [0.4, 0.5) is 5.82 Å². The first-order chi connectivity index (χ1) is 8.99. The van der Waals surface area contributed by atoms with Crippen molar-refractivity contribution in [3.63, 3.8) is 0 Å². The summed E-state index contributed by atoms with van der Waals surface area (Å²) < 4.78 is 4.93. The van der Waals surface area contributed by atoms with Gasteiger partial charge in [0.1, 0.15) is 17.1 Å². The zero-order valence-corrected chi connectivity index (χ0v) is 11.1. The number of aromatic nitrogens is 1. The smallest absolute Gasteiger partial charge is 0.348 e. The Morgan fingerprint density at radius 3 is 2.89 bits per heavy atom. The Bertz CT molecular complexity index is 707. The molecule has 2 aromatic rings. The van der Waals surface area contributed by atoms with Crippen LogP contribution in [-0.2, 0) is 0 Å². The van der Waals surface area contributed by atoms with Gasteiger partial charge in [0.15, 0.2) is 5.82 Å². The van der Waals surface area contributed by atoms with E-state index in [1.165, 1.54) is 12.3 Å². The first-order valence-corrected chi connectivity index (χ1v) is 5.86. The van der Waals surface area contributed by atoms with Crippen molar-refractivity contribution >= 4 is 23.1 Å². The molecule has 0 spiro atoms. The summed E-state index contributed by atoms with van der Waals surface area (Å²) in [6.07, 6.45) is 1.54. The molecule has 19 heavy (non-hydrogen) atoms. The summed E-state index contributed by atoms with van der Waals surface area (Å²) in [4.78, 5) is 19.8. The van der Waals surface area contributed by atoms with Gasteiger partial charge in [-0.3, -0.25) is 0 Å². The summed E-state index contributed by atoms with van der Waals surface area (Å²) in [6.45, 7) is 3.15. The number of hydrogen-bond acceptors (Lipinski definition) is 5. The van der Waals surface area contributed by atoms with Gasteiger partial charge in [0.25, 0.3) is 0 Å². The molecule has 0 radical (unpaired) electrons. The summed E-state index contributed by atoms with van der Waals surface area (Å²) in [5.41, 5.74) is -0.357. The standard InChI is InChI=1S/C13H11ClN2O3/c1-7-6-10(17)11(13(18)19-7)8(2)16-12-9(14)4-3-5-15-12/h3-6,17H,1-2H3/b16-8+. The summed E-state index contributed by atoms with van der Waals surface area (Å²) in [6, 6.07) is 4.67. The highest BCUT2D eigenvalue weighted by atomic mass is 35.5. The van der Waals surface area contributed by atoms with Gasteiger partial charge in [-0.1, -0.05) is 11.6 Å². The number of aromatic hydroxyl groups is 1. The van der Waals surface area contributed by atoms with Crippen molar-refractivity contribution in [1.29, 1.82) is 0 Å². The predicted octanol–water partition coefficient (Wildman–Crippen LogP) is 2.84. The molecule has 5 nitrogen and oxygen atoms in total. The van der Waals surface area contributed by atoms with Gasteiger partial charge in [0.05, 0.1) is 10.7 Å². The third-order valence-corrected chi connectivity index (χ3v) is 2.72. The van der Waals surface area contributed by atoms with E-state index in [0.29, 0.717) is 10.8 Å². The molecule has 0 bridgehead atoms. The largest absolute Gasteiger partial charge is 0.507 e. The van der Waals surface area contributed by atoms with E-state index >= 15 is 0 Å². The third-order valence-electron chi connectivity index (χ3n) is 2.43. The SMILES string of the molecule is C/C(=N\c1ncccc1Cl)c1c(O)cc(C)oc1=O. The van der Waals surface area contributed by atoms with Crippen molar-refractivity contribution in [3.8, 4) is 5.75 Å². The van der Waals surface area contributed by atoms with E-state index in [4.69, 9.17) is 16.0 Å². The van der Waals surface area contributed by atoms with Gasteiger partial charge in [-0.15, -0.1) is 0 Å². The van der Waals surface area contributed by atoms with Gasteiger partial charge >= 0.3 is 5.63 Å². The van der Waals surface area contributed by atoms with Crippen LogP contribution in [-0.4, -0.2) is 15.8 Å². The Morgan fingerprint density at radius 1 is 1.53 bits per heavy atom. The number of halogens is 1. The molecule has 0 saturated carbocycles. The van der Waals surface area contributed by atoms with Crippen LogP contribution in [0, 0.1) is 6.92 Å². The maximum atomic E-state index is 11.7. The molecule has 0 aliphatic carbocycles. The highest BCUT2D eigenvalue weighted by Crippen LogP contribution is 2.23. The van der Waals surface area contributed by atoms with Crippen LogP contribution in [0.25, 0.3) is 0 Å². The van der Waals surface area contributed by atoms with Crippen molar-refractivity contribution in [2.24, 2.45) is 4.99 Å². The van der Waals surface area contributed by atoms with Gasteiger partial charge in [0, 0.05) is 12.3 Å². The molecule has 2 heterocycles. The van der Waals surface area contributed by atoms with Gasteiger partial charge < -0.3 is 9.52 Å². The molecular weight excluding hydrogens is 268 g/mol. The summed E-state index contributed by atoms with van der Waals surface area (Å²) in [5, 5.41) is 10.2. The number of pyridine rings is 1. The van der Waals surface area contributed by atoms with E-state index in [9.17, 15) is 9.90 Å². The summed E-state index contributed by atoms with van der Waals surface area (Å²) >= 11 is 5.93. The fourth-order valence-electron chi connectivity index (χ4n) is 1.60. The first kappa shape index (κ1) is 13.3. The Balaban J connectivity index is 2.54. The molecular formula is C13H11ClN2O3. The Labute approximate surface area is 114 Å². The highest BCUT2D eigenvalue weighted by Gasteiger charge is 2.13. The average Bonchev–Trinajstić information content (AvgIpc) is 2.30. The fourth-order valence-corrected chi connectivity index (χ4v) is 1.77. The third kappa shape index (κ3) is 2.82. The minimum Gasteiger partial charge on any atom is -0.507 e. The molecule has 6 heteroatoms. The number of aliphatic imine (C=N–C) groups is 1. The monoisotopic (exact) mass is 278 g/mol. The number of aryl methyl sites for hydroxylation is 1. The maximum Gasteiger partial charge on any atom is 0.348 e. The summed E-state index contributed by atoms with van der Waals surface area (Å²) in [5.74, 6) is 0.429. The van der Waals surface area contributed by atoms with E-state index in [1.54, 1.807) is 26.0 Å². The van der Waals surface area contributed by atoms with Gasteiger partial charge in [-0.2, -0.15) is 0 Å². The second-order valence-electron chi connectivity index (χ2n) is 3.91. The Morgan fingerprint density at radius 2 is 2.26 bits per heavy atom. The number of rotatable bonds is 2. The van der Waals surface area contributed by atoms with Crippen LogP contribution in [0.15, 0.2) is 38.6 Å². The number of nitrogens with zero attached hydrogens (tertiary/aromatic N) is 2. The van der Waals surface area contributed by atoms with Crippen molar-refractivity contribution in [3.05, 3.63) is 51.2 Å². The van der Waals surface area contributed by atoms with Gasteiger partial charge in [0.2, 0.25) is 0 Å². The highest BCUT2D eigenvalue weighted by molar-refractivity contribution is 6.32. The van der Waals surface area contributed by atoms with E-state index in [2.05, 4.69) is 9.98 Å². The van der Waals surface area contributed by atoms with Crippen molar-refractivity contribution < 1.29 is 9.52 Å². The van der Waals surface area contributed by atoms with Gasteiger partial charge in [-0.25, -0.2) is 14.8 Å². The van der Waals surface area contributed by atoms with E-state index in [1.807, 2.05) is 0 Å². The second kappa shape index (κ2) is 5.24. The predicted molar refractivity (Wildman–Crippen MR) is 72.5 cm³/mol. The zero-order chi connectivity index (χ0) is 14.0. The van der Waals surface area contributed by atoms with Crippen LogP contribution >= 0.6 is 11.6 Å². The lowest BCUT2D eigenvalue weighted by molar-refractivity contribution is 0.432. The molecule has 2 aromatic heterocycles. The Hall–Kier alpha value is -2.14. The minimum atomic E-state index is -0.647. The molecule has 0 atom stereocenters.